The van der Waals surface area contributed by atoms with Crippen molar-refractivity contribution in [2.75, 3.05) is 7.11 Å². The Morgan fingerprint density at radius 2 is 1.95 bits per heavy atom. The summed E-state index contributed by atoms with van der Waals surface area (Å²) in [5.41, 5.74) is 0.285. The van der Waals surface area contributed by atoms with E-state index in [9.17, 15) is 19.7 Å². The normalized spacial score (nSPS) is 11.9. The highest BCUT2D eigenvalue weighted by molar-refractivity contribution is 5.98. The van der Waals surface area contributed by atoms with E-state index in [-0.39, 0.29) is 22.7 Å². The quantitative estimate of drug-likeness (QED) is 0.507. The third-order valence-corrected chi connectivity index (χ3v) is 3.15. The van der Waals surface area contributed by atoms with Gasteiger partial charge in [0.1, 0.15) is 6.04 Å². The van der Waals surface area contributed by atoms with Gasteiger partial charge < -0.3 is 10.1 Å². The van der Waals surface area contributed by atoms with Crippen LogP contribution >= 0.6 is 0 Å². The van der Waals surface area contributed by atoms with E-state index in [0.717, 1.165) is 0 Å². The van der Waals surface area contributed by atoms with Crippen LogP contribution in [0.2, 0.25) is 0 Å². The van der Waals surface area contributed by atoms with E-state index in [1.807, 2.05) is 0 Å². The van der Waals surface area contributed by atoms with Crippen LogP contribution in [0.5, 0.6) is 0 Å². The number of methoxy groups -OCH3 is 1. The van der Waals surface area contributed by atoms with Crippen LogP contribution in [0, 0.1) is 23.0 Å². The summed E-state index contributed by atoms with van der Waals surface area (Å²) >= 11 is 0. The summed E-state index contributed by atoms with van der Waals surface area (Å²) in [5.74, 6) is -1.26. The first-order valence-corrected chi connectivity index (χ1v) is 6.42. The molecule has 1 atom stereocenters. The first-order chi connectivity index (χ1) is 9.79. The molecule has 0 aromatic heterocycles. The fraction of sp³-hybridized carbons (Fsp3) is 0.429. The molecule has 21 heavy (non-hydrogen) atoms. The second-order valence-electron chi connectivity index (χ2n) is 4.93. The number of nitro groups is 1. The second kappa shape index (κ2) is 6.83. The minimum Gasteiger partial charge on any atom is -0.467 e. The van der Waals surface area contributed by atoms with Gasteiger partial charge in [-0.2, -0.15) is 0 Å². The number of rotatable bonds is 5. The van der Waals surface area contributed by atoms with Crippen molar-refractivity contribution in [3.63, 3.8) is 0 Å². The number of carbonyl (C=O) groups excluding carboxylic acids is 2. The van der Waals surface area contributed by atoms with Crippen LogP contribution in [-0.4, -0.2) is 30.0 Å². The fourth-order valence-electron chi connectivity index (χ4n) is 1.91. The highest BCUT2D eigenvalue weighted by atomic mass is 16.6. The first-order valence-electron chi connectivity index (χ1n) is 6.42. The molecule has 0 fully saturated rings. The zero-order chi connectivity index (χ0) is 16.2. The van der Waals surface area contributed by atoms with Gasteiger partial charge in [0.2, 0.25) is 0 Å². The van der Waals surface area contributed by atoms with Crippen molar-refractivity contribution in [3.8, 4) is 0 Å². The van der Waals surface area contributed by atoms with Crippen LogP contribution in [0.4, 0.5) is 5.69 Å². The Morgan fingerprint density at radius 3 is 2.43 bits per heavy atom. The van der Waals surface area contributed by atoms with Crippen LogP contribution in [0.15, 0.2) is 18.2 Å². The van der Waals surface area contributed by atoms with Crippen LogP contribution in [0.1, 0.15) is 29.8 Å². The number of hydrogen-bond donors (Lipinski definition) is 1. The third-order valence-electron chi connectivity index (χ3n) is 3.15. The number of nitrogens with zero attached hydrogens (tertiary/aromatic N) is 1. The lowest BCUT2D eigenvalue weighted by molar-refractivity contribution is -0.385. The zero-order valence-electron chi connectivity index (χ0n) is 12.4. The standard InChI is InChI=1S/C14H18N2O5/c1-8(2)12(14(18)21-4)15-13(17)10-6-5-7-11(9(10)3)16(19)20/h5-8,12H,1-4H3,(H,15,17)/t12-/m0/s1. The molecule has 7 heteroatoms. The largest absolute Gasteiger partial charge is 0.467 e. The van der Waals surface area contributed by atoms with Crippen molar-refractivity contribution in [2.45, 2.75) is 26.8 Å². The Hall–Kier alpha value is -2.44. The van der Waals surface area contributed by atoms with Crippen molar-refractivity contribution < 1.29 is 19.2 Å². The maximum absolute atomic E-state index is 12.2. The van der Waals surface area contributed by atoms with Crippen LogP contribution < -0.4 is 5.32 Å². The van der Waals surface area contributed by atoms with Gasteiger partial charge in [-0.1, -0.05) is 19.9 Å². The molecule has 114 valence electrons. The van der Waals surface area contributed by atoms with Gasteiger partial charge >= 0.3 is 5.97 Å². The second-order valence-corrected chi connectivity index (χ2v) is 4.93. The Balaban J connectivity index is 3.06. The number of hydrogen-bond acceptors (Lipinski definition) is 5. The predicted molar refractivity (Wildman–Crippen MR) is 75.9 cm³/mol. The summed E-state index contributed by atoms with van der Waals surface area (Å²) < 4.78 is 4.64. The van der Waals surface area contributed by atoms with E-state index in [4.69, 9.17) is 0 Å². The van der Waals surface area contributed by atoms with Crippen LogP contribution in [0.25, 0.3) is 0 Å². The van der Waals surface area contributed by atoms with Gasteiger partial charge in [0, 0.05) is 17.2 Å². The molecule has 0 heterocycles. The van der Waals surface area contributed by atoms with Crippen molar-refractivity contribution >= 4 is 17.6 Å². The SMILES string of the molecule is COC(=O)[C@@H](NC(=O)c1cccc([N+](=O)[O-])c1C)C(C)C. The zero-order valence-corrected chi connectivity index (χ0v) is 12.4. The van der Waals surface area contributed by atoms with E-state index in [0.29, 0.717) is 0 Å². The van der Waals surface area contributed by atoms with E-state index in [1.165, 1.54) is 32.2 Å². The summed E-state index contributed by atoms with van der Waals surface area (Å²) in [6, 6.07) is 3.43. The Labute approximate surface area is 122 Å². The molecule has 0 radical (unpaired) electrons. The lowest BCUT2D eigenvalue weighted by Crippen LogP contribution is -2.45. The summed E-state index contributed by atoms with van der Waals surface area (Å²) in [4.78, 5) is 34.2. The average Bonchev–Trinajstić information content (AvgIpc) is 2.43. The Kier molecular flexibility index (Phi) is 5.40. The molecule has 0 saturated carbocycles. The predicted octanol–water partition coefficient (Wildman–Crippen LogP) is 1.83. The number of carbonyl (C=O) groups is 2. The molecule has 0 saturated heterocycles. The van der Waals surface area contributed by atoms with Gasteiger partial charge in [-0.25, -0.2) is 4.79 Å². The topological polar surface area (TPSA) is 98.5 Å². The highest BCUT2D eigenvalue weighted by Gasteiger charge is 2.27. The molecular formula is C14H18N2O5. The number of ether oxygens (including phenoxy) is 1. The van der Waals surface area contributed by atoms with Crippen molar-refractivity contribution in [3.05, 3.63) is 39.4 Å². The molecule has 7 nitrogen and oxygen atoms in total. The molecular weight excluding hydrogens is 276 g/mol. The maximum Gasteiger partial charge on any atom is 0.328 e. The monoisotopic (exact) mass is 294 g/mol. The molecule has 0 aliphatic carbocycles. The van der Waals surface area contributed by atoms with Gasteiger partial charge in [0.15, 0.2) is 0 Å². The van der Waals surface area contributed by atoms with Crippen molar-refractivity contribution in [1.82, 2.24) is 5.32 Å². The van der Waals surface area contributed by atoms with E-state index in [1.54, 1.807) is 13.8 Å². The minimum absolute atomic E-state index is 0.137. The number of nitro benzene ring substituents is 1. The summed E-state index contributed by atoms with van der Waals surface area (Å²) in [6.45, 7) is 5.03. The molecule has 0 aliphatic heterocycles. The molecule has 0 spiro atoms. The summed E-state index contributed by atoms with van der Waals surface area (Å²) in [6.07, 6.45) is 0. The molecule has 1 aromatic carbocycles. The smallest absolute Gasteiger partial charge is 0.328 e. The van der Waals surface area contributed by atoms with Crippen molar-refractivity contribution in [1.29, 1.82) is 0 Å². The average molecular weight is 294 g/mol. The minimum atomic E-state index is -0.804. The molecule has 1 N–H and O–H groups in total. The number of amides is 1. The molecule has 0 unspecified atom stereocenters. The molecule has 1 amide bonds. The van der Waals surface area contributed by atoms with E-state index in [2.05, 4.69) is 10.1 Å². The Morgan fingerprint density at radius 1 is 1.33 bits per heavy atom. The van der Waals surface area contributed by atoms with E-state index >= 15 is 0 Å². The third kappa shape index (κ3) is 3.77. The summed E-state index contributed by atoms with van der Waals surface area (Å²) in [5, 5.41) is 13.4. The van der Waals surface area contributed by atoms with Gasteiger partial charge in [-0.05, 0) is 18.9 Å². The Bertz CT molecular complexity index is 568. The lowest BCUT2D eigenvalue weighted by atomic mass is 10.0. The number of benzene rings is 1. The van der Waals surface area contributed by atoms with Crippen LogP contribution in [0.3, 0.4) is 0 Å². The maximum atomic E-state index is 12.2. The van der Waals surface area contributed by atoms with Crippen LogP contribution in [-0.2, 0) is 9.53 Å². The van der Waals surface area contributed by atoms with E-state index < -0.39 is 22.8 Å². The molecule has 1 aromatic rings. The lowest BCUT2D eigenvalue weighted by Gasteiger charge is -2.20. The number of nitrogens with one attached hydrogen (secondary N) is 1. The molecule has 1 rings (SSSR count). The molecule has 0 bridgehead atoms. The van der Waals surface area contributed by atoms with Gasteiger partial charge in [-0.15, -0.1) is 0 Å². The fourth-order valence-corrected chi connectivity index (χ4v) is 1.91. The van der Waals surface area contributed by atoms with Gasteiger partial charge in [0.05, 0.1) is 12.0 Å². The van der Waals surface area contributed by atoms with Gasteiger partial charge in [-0.3, -0.25) is 14.9 Å². The summed E-state index contributed by atoms with van der Waals surface area (Å²) in [7, 11) is 1.24. The van der Waals surface area contributed by atoms with Crippen molar-refractivity contribution in [2.24, 2.45) is 5.92 Å². The van der Waals surface area contributed by atoms with Gasteiger partial charge in [0.25, 0.3) is 11.6 Å². The molecule has 0 aliphatic rings. The first kappa shape index (κ1) is 16.6. The highest BCUT2D eigenvalue weighted by Crippen LogP contribution is 2.21. The number of esters is 1.